The van der Waals surface area contributed by atoms with Crippen LogP contribution in [0.25, 0.3) is 17.5 Å². The van der Waals surface area contributed by atoms with Gasteiger partial charge in [0.1, 0.15) is 6.54 Å². The zero-order chi connectivity index (χ0) is 18.4. The summed E-state index contributed by atoms with van der Waals surface area (Å²) in [5.74, 6) is -0.465. The Labute approximate surface area is 153 Å². The van der Waals surface area contributed by atoms with Crippen LogP contribution in [0.3, 0.4) is 0 Å². The first kappa shape index (κ1) is 17.5. The van der Waals surface area contributed by atoms with Crippen LogP contribution in [0.2, 0.25) is 0 Å². The molecule has 26 heavy (non-hydrogen) atoms. The molecule has 0 saturated carbocycles. The molecule has 1 aromatic carbocycles. The largest absolute Gasteiger partial charge is 0.271 e. The number of hydrazine groups is 1. The quantitative estimate of drug-likeness (QED) is 0.526. The van der Waals surface area contributed by atoms with Crippen molar-refractivity contribution in [3.8, 4) is 11.4 Å². The maximum Gasteiger partial charge on any atom is 0.262 e. The van der Waals surface area contributed by atoms with Gasteiger partial charge in [0.05, 0.1) is 0 Å². The highest BCUT2D eigenvalue weighted by Gasteiger charge is 2.09. The van der Waals surface area contributed by atoms with Crippen LogP contribution in [0, 0.1) is 6.92 Å². The van der Waals surface area contributed by atoms with Crippen LogP contribution < -0.4 is 10.9 Å². The fraction of sp³-hybridized carbons (Fsp3) is 0.118. The number of aryl methyl sites for hydroxylation is 1. The Bertz CT molecular complexity index is 932. The lowest BCUT2D eigenvalue weighted by molar-refractivity contribution is -0.127. The van der Waals surface area contributed by atoms with E-state index in [1.54, 1.807) is 17.4 Å². The van der Waals surface area contributed by atoms with Gasteiger partial charge in [-0.3, -0.25) is 20.4 Å². The molecular weight excluding hydrogens is 352 g/mol. The number of nitrogens with zero attached hydrogens (tertiary/aromatic N) is 4. The SMILES string of the molecule is Cc1ccc(/C=C/C(=O)NNC(=O)Cn2nnc(-c3ccccc3)n2)s1. The topological polar surface area (TPSA) is 102 Å². The molecule has 2 heterocycles. The first-order valence-electron chi connectivity index (χ1n) is 7.77. The molecule has 0 aliphatic heterocycles. The second-order valence-corrected chi connectivity index (χ2v) is 6.65. The molecule has 3 rings (SSSR count). The molecule has 2 amide bonds. The van der Waals surface area contributed by atoms with Gasteiger partial charge in [-0.1, -0.05) is 30.3 Å². The molecule has 0 radical (unpaired) electrons. The van der Waals surface area contributed by atoms with Crippen molar-refractivity contribution >= 4 is 29.2 Å². The normalized spacial score (nSPS) is 10.8. The number of benzene rings is 1. The maximum absolute atomic E-state index is 11.9. The second-order valence-electron chi connectivity index (χ2n) is 5.33. The van der Waals surface area contributed by atoms with Crippen molar-refractivity contribution in [3.63, 3.8) is 0 Å². The first-order chi connectivity index (χ1) is 12.6. The summed E-state index contributed by atoms with van der Waals surface area (Å²) in [5.41, 5.74) is 5.42. The molecule has 132 valence electrons. The van der Waals surface area contributed by atoms with Gasteiger partial charge in [0.2, 0.25) is 5.82 Å². The van der Waals surface area contributed by atoms with Gasteiger partial charge in [0.15, 0.2) is 0 Å². The summed E-state index contributed by atoms with van der Waals surface area (Å²) in [7, 11) is 0. The van der Waals surface area contributed by atoms with Gasteiger partial charge >= 0.3 is 0 Å². The average Bonchev–Trinajstić information content (AvgIpc) is 3.28. The second kappa shape index (κ2) is 8.17. The van der Waals surface area contributed by atoms with Crippen molar-refractivity contribution in [2.24, 2.45) is 0 Å². The fourth-order valence-electron chi connectivity index (χ4n) is 2.05. The summed E-state index contributed by atoms with van der Waals surface area (Å²) >= 11 is 1.58. The number of hydrogen-bond donors (Lipinski definition) is 2. The first-order valence-corrected chi connectivity index (χ1v) is 8.58. The number of carbonyl (C=O) groups is 2. The zero-order valence-corrected chi connectivity index (χ0v) is 14.7. The lowest BCUT2D eigenvalue weighted by Gasteiger charge is -2.03. The Morgan fingerprint density at radius 2 is 1.96 bits per heavy atom. The third kappa shape index (κ3) is 4.84. The van der Waals surface area contributed by atoms with Crippen molar-refractivity contribution in [1.29, 1.82) is 0 Å². The predicted octanol–water partition coefficient (Wildman–Crippen LogP) is 1.57. The van der Waals surface area contributed by atoms with E-state index in [9.17, 15) is 9.59 Å². The maximum atomic E-state index is 11.9. The van der Waals surface area contributed by atoms with Crippen molar-refractivity contribution < 1.29 is 9.59 Å². The number of thiophene rings is 1. The number of rotatable bonds is 5. The van der Waals surface area contributed by atoms with Gasteiger partial charge in [-0.05, 0) is 30.3 Å². The smallest absolute Gasteiger partial charge is 0.262 e. The monoisotopic (exact) mass is 368 g/mol. The third-order valence-electron chi connectivity index (χ3n) is 3.26. The van der Waals surface area contributed by atoms with E-state index < -0.39 is 11.8 Å². The summed E-state index contributed by atoms with van der Waals surface area (Å²) in [5, 5.41) is 11.9. The van der Waals surface area contributed by atoms with Crippen LogP contribution in [-0.2, 0) is 16.1 Å². The minimum atomic E-state index is -0.462. The third-order valence-corrected chi connectivity index (χ3v) is 4.22. The highest BCUT2D eigenvalue weighted by molar-refractivity contribution is 7.12. The molecule has 0 aliphatic rings. The van der Waals surface area contributed by atoms with Gasteiger partial charge in [-0.25, -0.2) is 0 Å². The van der Waals surface area contributed by atoms with Crippen LogP contribution in [-0.4, -0.2) is 32.0 Å². The molecule has 9 heteroatoms. The summed E-state index contributed by atoms with van der Waals surface area (Å²) in [4.78, 5) is 26.9. The van der Waals surface area contributed by atoms with Gasteiger partial charge in [0.25, 0.3) is 11.8 Å². The van der Waals surface area contributed by atoms with E-state index in [4.69, 9.17) is 0 Å². The van der Waals surface area contributed by atoms with E-state index in [0.717, 1.165) is 20.1 Å². The Morgan fingerprint density at radius 3 is 2.69 bits per heavy atom. The molecular formula is C17H16N6O2S. The minimum Gasteiger partial charge on any atom is -0.271 e. The van der Waals surface area contributed by atoms with Crippen molar-refractivity contribution in [1.82, 2.24) is 31.1 Å². The van der Waals surface area contributed by atoms with Gasteiger partial charge in [-0.15, -0.1) is 21.5 Å². The minimum absolute atomic E-state index is 0.159. The van der Waals surface area contributed by atoms with Crippen molar-refractivity contribution in [2.75, 3.05) is 0 Å². The van der Waals surface area contributed by atoms with Crippen LogP contribution in [0.4, 0.5) is 0 Å². The molecule has 8 nitrogen and oxygen atoms in total. The zero-order valence-electron chi connectivity index (χ0n) is 13.9. The number of hydrogen-bond acceptors (Lipinski definition) is 6. The van der Waals surface area contributed by atoms with Crippen molar-refractivity contribution in [3.05, 3.63) is 58.3 Å². The van der Waals surface area contributed by atoms with Crippen LogP contribution in [0.5, 0.6) is 0 Å². The number of aromatic nitrogens is 4. The van der Waals surface area contributed by atoms with Crippen molar-refractivity contribution in [2.45, 2.75) is 13.5 Å². The molecule has 0 aliphatic carbocycles. The summed E-state index contributed by atoms with van der Waals surface area (Å²) in [6.45, 7) is 1.83. The highest BCUT2D eigenvalue weighted by atomic mass is 32.1. The number of nitrogens with one attached hydrogen (secondary N) is 2. The molecule has 0 bridgehead atoms. The van der Waals surface area contributed by atoms with Crippen LogP contribution in [0.15, 0.2) is 48.5 Å². The molecule has 0 fully saturated rings. The number of tetrazole rings is 1. The molecule has 2 N–H and O–H groups in total. The number of amides is 2. The lowest BCUT2D eigenvalue weighted by atomic mass is 10.2. The summed E-state index contributed by atoms with van der Waals surface area (Å²) in [6.07, 6.45) is 3.04. The summed E-state index contributed by atoms with van der Waals surface area (Å²) in [6, 6.07) is 13.2. The molecule has 0 atom stereocenters. The molecule has 2 aromatic heterocycles. The number of carbonyl (C=O) groups excluding carboxylic acids is 2. The summed E-state index contributed by atoms with van der Waals surface area (Å²) < 4.78 is 0. The Morgan fingerprint density at radius 1 is 1.15 bits per heavy atom. The molecule has 3 aromatic rings. The molecule has 0 unspecified atom stereocenters. The fourth-order valence-corrected chi connectivity index (χ4v) is 2.83. The standard InChI is InChI=1S/C17H16N6O2S/c1-12-7-8-14(26-12)9-10-15(24)18-19-16(25)11-23-21-17(20-22-23)13-5-3-2-4-6-13/h2-10H,11H2,1H3,(H,18,24)(H,19,25)/b10-9+. The Hall–Kier alpha value is -3.33. The predicted molar refractivity (Wildman–Crippen MR) is 97.6 cm³/mol. The lowest BCUT2D eigenvalue weighted by Crippen LogP contribution is -2.42. The van der Waals surface area contributed by atoms with Crippen LogP contribution in [0.1, 0.15) is 9.75 Å². The average molecular weight is 368 g/mol. The van der Waals surface area contributed by atoms with E-state index >= 15 is 0 Å². The van der Waals surface area contributed by atoms with E-state index in [1.165, 1.54) is 6.08 Å². The van der Waals surface area contributed by atoms with Gasteiger partial charge in [-0.2, -0.15) is 4.80 Å². The van der Waals surface area contributed by atoms with E-state index in [-0.39, 0.29) is 6.54 Å². The van der Waals surface area contributed by atoms with Crippen LogP contribution >= 0.6 is 11.3 Å². The van der Waals surface area contributed by atoms with E-state index in [2.05, 4.69) is 26.3 Å². The molecule has 0 saturated heterocycles. The van der Waals surface area contributed by atoms with Gasteiger partial charge < -0.3 is 0 Å². The Balaban J connectivity index is 1.48. The van der Waals surface area contributed by atoms with E-state index in [0.29, 0.717) is 5.82 Å². The van der Waals surface area contributed by atoms with E-state index in [1.807, 2.05) is 49.4 Å². The Kier molecular flexibility index (Phi) is 5.49. The molecule has 0 spiro atoms. The highest BCUT2D eigenvalue weighted by Crippen LogP contribution is 2.16. The van der Waals surface area contributed by atoms with Gasteiger partial charge in [0, 0.05) is 21.4 Å².